The van der Waals surface area contributed by atoms with Gasteiger partial charge in [0.25, 0.3) is 0 Å². The Bertz CT molecular complexity index is 538. The molecule has 2 aromatic rings. The van der Waals surface area contributed by atoms with Crippen LogP contribution < -0.4 is 11.2 Å². The van der Waals surface area contributed by atoms with Gasteiger partial charge in [0, 0.05) is 12.1 Å². The molecule has 0 aliphatic carbocycles. The Morgan fingerprint density at radius 1 is 1.00 bits per heavy atom. The second kappa shape index (κ2) is 7.31. The van der Waals surface area contributed by atoms with Crippen LogP contribution in [0.3, 0.4) is 0 Å². The molecule has 0 radical (unpaired) electrons. The summed E-state index contributed by atoms with van der Waals surface area (Å²) in [4.78, 5) is 16.8. The number of hydrogen-bond acceptors (Lipinski definition) is 3. The fourth-order valence-corrected chi connectivity index (χ4v) is 1.77. The van der Waals surface area contributed by atoms with Crippen LogP contribution >= 0.6 is 0 Å². The fourth-order valence-electron chi connectivity index (χ4n) is 1.77. The van der Waals surface area contributed by atoms with E-state index in [9.17, 15) is 4.79 Å². The van der Waals surface area contributed by atoms with E-state index in [1.54, 1.807) is 0 Å². The number of aryl methyl sites for hydroxylation is 1. The molecule has 104 valence electrons. The van der Waals surface area contributed by atoms with E-state index in [2.05, 4.69) is 5.48 Å². The summed E-state index contributed by atoms with van der Waals surface area (Å²) in [5, 5.41) is 0. The van der Waals surface area contributed by atoms with Gasteiger partial charge in [0.15, 0.2) is 0 Å². The molecule has 2 rings (SSSR count). The largest absolute Gasteiger partial charge is 0.399 e. The summed E-state index contributed by atoms with van der Waals surface area (Å²) >= 11 is 0. The number of nitrogen functional groups attached to an aromatic ring is 1. The van der Waals surface area contributed by atoms with Crippen LogP contribution in [0, 0.1) is 0 Å². The van der Waals surface area contributed by atoms with E-state index in [1.165, 1.54) is 0 Å². The fraction of sp³-hybridized carbons (Fsp3) is 0.188. The summed E-state index contributed by atoms with van der Waals surface area (Å²) in [5.41, 5.74) is 10.9. The predicted molar refractivity (Wildman–Crippen MR) is 78.5 cm³/mol. The molecule has 1 amide bonds. The van der Waals surface area contributed by atoms with Crippen molar-refractivity contribution in [1.29, 1.82) is 0 Å². The molecular weight excluding hydrogens is 252 g/mol. The maximum atomic E-state index is 11.6. The van der Waals surface area contributed by atoms with Gasteiger partial charge in [0.1, 0.15) is 0 Å². The van der Waals surface area contributed by atoms with Gasteiger partial charge in [-0.1, -0.05) is 42.5 Å². The Balaban J connectivity index is 1.67. The lowest BCUT2D eigenvalue weighted by atomic mass is 10.1. The standard InChI is InChI=1S/C16H18N2O2/c17-15-9-6-13(7-10-15)8-11-16(19)18-20-12-14-4-2-1-3-5-14/h1-7,9-10H,8,11-12,17H2,(H,18,19). The summed E-state index contributed by atoms with van der Waals surface area (Å²) in [6.07, 6.45) is 1.06. The van der Waals surface area contributed by atoms with Crippen LogP contribution in [-0.2, 0) is 22.7 Å². The lowest BCUT2D eigenvalue weighted by molar-refractivity contribution is -0.134. The SMILES string of the molecule is Nc1ccc(CCC(=O)NOCc2ccccc2)cc1. The van der Waals surface area contributed by atoms with Gasteiger partial charge in [-0.3, -0.25) is 9.63 Å². The predicted octanol–water partition coefficient (Wildman–Crippen LogP) is 2.45. The molecule has 0 fully saturated rings. The highest BCUT2D eigenvalue weighted by Crippen LogP contribution is 2.07. The van der Waals surface area contributed by atoms with E-state index in [1.807, 2.05) is 54.6 Å². The van der Waals surface area contributed by atoms with Gasteiger partial charge in [-0.05, 0) is 29.7 Å². The maximum absolute atomic E-state index is 11.6. The van der Waals surface area contributed by atoms with Crippen molar-refractivity contribution < 1.29 is 9.63 Å². The lowest BCUT2D eigenvalue weighted by Crippen LogP contribution is -2.23. The molecule has 0 aromatic heterocycles. The zero-order valence-corrected chi connectivity index (χ0v) is 11.2. The van der Waals surface area contributed by atoms with Crippen LogP contribution in [0.5, 0.6) is 0 Å². The van der Waals surface area contributed by atoms with Gasteiger partial charge in [-0.25, -0.2) is 5.48 Å². The number of nitrogens with one attached hydrogen (secondary N) is 1. The van der Waals surface area contributed by atoms with Crippen LogP contribution in [0.25, 0.3) is 0 Å². The molecule has 0 aliphatic rings. The van der Waals surface area contributed by atoms with Gasteiger partial charge < -0.3 is 5.73 Å². The number of anilines is 1. The van der Waals surface area contributed by atoms with E-state index in [0.717, 1.165) is 16.8 Å². The Morgan fingerprint density at radius 2 is 1.70 bits per heavy atom. The molecule has 4 nitrogen and oxygen atoms in total. The molecule has 2 aromatic carbocycles. The van der Waals surface area contributed by atoms with Crippen molar-refractivity contribution in [1.82, 2.24) is 5.48 Å². The molecule has 4 heteroatoms. The Kier molecular flexibility index (Phi) is 5.15. The van der Waals surface area contributed by atoms with E-state index in [-0.39, 0.29) is 5.91 Å². The van der Waals surface area contributed by atoms with Crippen LogP contribution in [-0.4, -0.2) is 5.91 Å². The molecule has 0 spiro atoms. The quantitative estimate of drug-likeness (QED) is 0.626. The summed E-state index contributed by atoms with van der Waals surface area (Å²) < 4.78 is 0. The van der Waals surface area contributed by atoms with Crippen LogP contribution in [0.1, 0.15) is 17.5 Å². The number of nitrogens with two attached hydrogens (primary N) is 1. The number of carbonyl (C=O) groups is 1. The van der Waals surface area contributed by atoms with Crippen molar-refractivity contribution in [3.63, 3.8) is 0 Å². The smallest absolute Gasteiger partial charge is 0.243 e. The third-order valence-electron chi connectivity index (χ3n) is 2.89. The number of benzene rings is 2. The summed E-state index contributed by atoms with van der Waals surface area (Å²) in [5.74, 6) is -0.127. The maximum Gasteiger partial charge on any atom is 0.243 e. The van der Waals surface area contributed by atoms with Gasteiger partial charge >= 0.3 is 0 Å². The topological polar surface area (TPSA) is 64.4 Å². The molecule has 0 unspecified atom stereocenters. The highest BCUT2D eigenvalue weighted by Gasteiger charge is 2.02. The molecule has 0 saturated heterocycles. The highest BCUT2D eigenvalue weighted by molar-refractivity contribution is 5.75. The van der Waals surface area contributed by atoms with Crippen LogP contribution in [0.15, 0.2) is 54.6 Å². The zero-order chi connectivity index (χ0) is 14.2. The first kappa shape index (κ1) is 14.1. The average Bonchev–Trinajstić information content (AvgIpc) is 2.48. The Labute approximate surface area is 118 Å². The molecule has 0 saturated carbocycles. The molecule has 0 bridgehead atoms. The lowest BCUT2D eigenvalue weighted by Gasteiger charge is -2.06. The average molecular weight is 270 g/mol. The second-order valence-corrected chi connectivity index (χ2v) is 4.54. The molecule has 20 heavy (non-hydrogen) atoms. The second-order valence-electron chi connectivity index (χ2n) is 4.54. The molecule has 3 N–H and O–H groups in total. The molecule has 0 aliphatic heterocycles. The van der Waals surface area contributed by atoms with E-state index >= 15 is 0 Å². The number of amides is 1. The van der Waals surface area contributed by atoms with Crippen LogP contribution in [0.2, 0.25) is 0 Å². The monoisotopic (exact) mass is 270 g/mol. The minimum absolute atomic E-state index is 0.127. The summed E-state index contributed by atoms with van der Waals surface area (Å²) in [7, 11) is 0. The van der Waals surface area contributed by atoms with Crippen molar-refractivity contribution in [3.05, 3.63) is 65.7 Å². The number of hydrogen-bond donors (Lipinski definition) is 2. The Morgan fingerprint density at radius 3 is 2.40 bits per heavy atom. The third-order valence-corrected chi connectivity index (χ3v) is 2.89. The first-order valence-corrected chi connectivity index (χ1v) is 6.53. The Hall–Kier alpha value is -2.33. The third kappa shape index (κ3) is 4.74. The van der Waals surface area contributed by atoms with Crippen molar-refractivity contribution in [2.45, 2.75) is 19.4 Å². The van der Waals surface area contributed by atoms with Crippen LogP contribution in [0.4, 0.5) is 5.69 Å². The van der Waals surface area contributed by atoms with E-state index < -0.39 is 0 Å². The van der Waals surface area contributed by atoms with E-state index in [4.69, 9.17) is 10.6 Å². The minimum atomic E-state index is -0.127. The van der Waals surface area contributed by atoms with Crippen molar-refractivity contribution in [2.75, 3.05) is 5.73 Å². The van der Waals surface area contributed by atoms with Crippen molar-refractivity contribution in [3.8, 4) is 0 Å². The van der Waals surface area contributed by atoms with Gasteiger partial charge in [-0.15, -0.1) is 0 Å². The van der Waals surface area contributed by atoms with E-state index in [0.29, 0.717) is 19.4 Å². The number of rotatable bonds is 6. The highest BCUT2D eigenvalue weighted by atomic mass is 16.6. The van der Waals surface area contributed by atoms with Gasteiger partial charge in [0.05, 0.1) is 6.61 Å². The number of hydroxylamine groups is 1. The summed E-state index contributed by atoms with van der Waals surface area (Å²) in [6.45, 7) is 0.369. The van der Waals surface area contributed by atoms with Gasteiger partial charge in [-0.2, -0.15) is 0 Å². The number of carbonyl (C=O) groups excluding carboxylic acids is 1. The van der Waals surface area contributed by atoms with Crippen molar-refractivity contribution in [2.24, 2.45) is 0 Å². The molecule has 0 heterocycles. The molecule has 0 atom stereocenters. The first-order chi connectivity index (χ1) is 9.74. The zero-order valence-electron chi connectivity index (χ0n) is 11.2. The normalized spacial score (nSPS) is 10.2. The first-order valence-electron chi connectivity index (χ1n) is 6.53. The van der Waals surface area contributed by atoms with Gasteiger partial charge in [0.2, 0.25) is 5.91 Å². The van der Waals surface area contributed by atoms with Crippen molar-refractivity contribution >= 4 is 11.6 Å². The molecular formula is C16H18N2O2. The minimum Gasteiger partial charge on any atom is -0.399 e. The summed E-state index contributed by atoms with van der Waals surface area (Å²) in [6, 6.07) is 17.2.